The summed E-state index contributed by atoms with van der Waals surface area (Å²) in [6.07, 6.45) is 0. The average molecular weight is 309 g/mol. The Balaban J connectivity index is 2.98. The van der Waals surface area contributed by atoms with Gasteiger partial charge < -0.3 is 0 Å². The molecule has 0 unspecified atom stereocenters. The Hall–Kier alpha value is -1.15. The number of nitriles is 1. The standard InChI is InChI=1S/C12H10IN2/c1-8-3-5-11-9(10(8)7-14)4-6-12(13)15(11)2/h3-6H,1-2H3/q+1. The lowest BCUT2D eigenvalue weighted by Crippen LogP contribution is -2.33. The lowest BCUT2D eigenvalue weighted by atomic mass is 10.0. The van der Waals surface area contributed by atoms with E-state index in [2.05, 4.69) is 39.3 Å². The van der Waals surface area contributed by atoms with Crippen molar-refractivity contribution in [3.63, 3.8) is 0 Å². The third kappa shape index (κ3) is 1.59. The third-order valence-corrected chi connectivity index (χ3v) is 3.70. The van der Waals surface area contributed by atoms with E-state index in [1.807, 2.05) is 32.2 Å². The van der Waals surface area contributed by atoms with Crippen molar-refractivity contribution < 1.29 is 4.57 Å². The Labute approximate surface area is 102 Å². The Morgan fingerprint density at radius 2 is 2.00 bits per heavy atom. The fraction of sp³-hybridized carbons (Fsp3) is 0.167. The molecule has 2 nitrogen and oxygen atoms in total. The highest BCUT2D eigenvalue weighted by Crippen LogP contribution is 2.19. The van der Waals surface area contributed by atoms with Crippen molar-refractivity contribution in [3.8, 4) is 6.07 Å². The van der Waals surface area contributed by atoms with Crippen LogP contribution < -0.4 is 4.57 Å². The topological polar surface area (TPSA) is 27.7 Å². The molecular weight excluding hydrogens is 299 g/mol. The molecule has 1 heterocycles. The SMILES string of the molecule is Cc1ccc2c(ccc(I)[n+]2C)c1C#N. The molecule has 0 fully saturated rings. The molecule has 0 atom stereocenters. The second kappa shape index (κ2) is 3.78. The summed E-state index contributed by atoms with van der Waals surface area (Å²) >= 11 is 2.28. The minimum absolute atomic E-state index is 0.777. The summed E-state index contributed by atoms with van der Waals surface area (Å²) in [6.45, 7) is 1.97. The molecule has 0 spiro atoms. The Bertz CT molecular complexity index is 582. The molecule has 0 amide bonds. The minimum Gasteiger partial charge on any atom is -0.192 e. The van der Waals surface area contributed by atoms with E-state index in [-0.39, 0.29) is 0 Å². The monoisotopic (exact) mass is 309 g/mol. The predicted molar refractivity (Wildman–Crippen MR) is 67.3 cm³/mol. The number of nitrogens with zero attached hydrogens (tertiary/aromatic N) is 2. The first kappa shape index (κ1) is 10.4. The maximum absolute atomic E-state index is 9.12. The van der Waals surface area contributed by atoms with Gasteiger partial charge in [0.2, 0.25) is 9.22 Å². The highest BCUT2D eigenvalue weighted by molar-refractivity contribution is 14.1. The number of hydrogen-bond acceptors (Lipinski definition) is 1. The van der Waals surface area contributed by atoms with Crippen LogP contribution in [0.2, 0.25) is 0 Å². The molecule has 0 saturated heterocycles. The van der Waals surface area contributed by atoms with Gasteiger partial charge in [-0.25, -0.2) is 0 Å². The zero-order valence-corrected chi connectivity index (χ0v) is 10.7. The zero-order chi connectivity index (χ0) is 11.0. The molecule has 0 aliphatic heterocycles. The van der Waals surface area contributed by atoms with Gasteiger partial charge in [-0.3, -0.25) is 0 Å². The van der Waals surface area contributed by atoms with Gasteiger partial charge in [0.1, 0.15) is 13.1 Å². The van der Waals surface area contributed by atoms with E-state index in [1.165, 1.54) is 0 Å². The Morgan fingerprint density at radius 3 is 2.67 bits per heavy atom. The van der Waals surface area contributed by atoms with Crippen LogP contribution in [0.5, 0.6) is 0 Å². The number of halogens is 1. The van der Waals surface area contributed by atoms with Crippen LogP contribution in [0.4, 0.5) is 0 Å². The molecule has 1 aromatic heterocycles. The smallest absolute Gasteiger partial charge is 0.192 e. The fourth-order valence-corrected chi connectivity index (χ4v) is 2.15. The lowest BCUT2D eigenvalue weighted by molar-refractivity contribution is -0.658. The van der Waals surface area contributed by atoms with E-state index in [9.17, 15) is 0 Å². The number of aromatic nitrogens is 1. The molecule has 0 radical (unpaired) electrons. The molecular formula is C12H10IN2+. The molecule has 74 valence electrons. The van der Waals surface area contributed by atoms with Crippen LogP contribution >= 0.6 is 22.6 Å². The molecule has 3 heteroatoms. The highest BCUT2D eigenvalue weighted by Gasteiger charge is 2.13. The van der Waals surface area contributed by atoms with Gasteiger partial charge in [0, 0.05) is 34.7 Å². The molecule has 0 N–H and O–H groups in total. The van der Waals surface area contributed by atoms with Crippen molar-refractivity contribution in [2.24, 2.45) is 7.05 Å². The van der Waals surface area contributed by atoms with E-state index in [0.29, 0.717) is 0 Å². The molecule has 1 aromatic carbocycles. The number of aryl methyl sites for hydroxylation is 2. The van der Waals surface area contributed by atoms with E-state index in [4.69, 9.17) is 5.26 Å². The first-order valence-electron chi connectivity index (χ1n) is 4.63. The van der Waals surface area contributed by atoms with Crippen molar-refractivity contribution in [1.82, 2.24) is 0 Å². The van der Waals surface area contributed by atoms with Crippen LogP contribution in [0.15, 0.2) is 24.3 Å². The van der Waals surface area contributed by atoms with Crippen molar-refractivity contribution in [2.45, 2.75) is 6.92 Å². The number of benzene rings is 1. The third-order valence-electron chi connectivity index (χ3n) is 2.61. The number of rotatable bonds is 0. The lowest BCUT2D eigenvalue weighted by Gasteiger charge is -2.02. The highest BCUT2D eigenvalue weighted by atomic mass is 127. The van der Waals surface area contributed by atoms with Crippen LogP contribution in [-0.2, 0) is 7.05 Å². The van der Waals surface area contributed by atoms with Crippen molar-refractivity contribution in [1.29, 1.82) is 5.26 Å². The molecule has 2 aromatic rings. The van der Waals surface area contributed by atoms with Crippen molar-refractivity contribution in [2.75, 3.05) is 0 Å². The van der Waals surface area contributed by atoms with E-state index >= 15 is 0 Å². The summed E-state index contributed by atoms with van der Waals surface area (Å²) in [5.41, 5.74) is 2.91. The molecule has 2 rings (SSSR count). The summed E-state index contributed by atoms with van der Waals surface area (Å²) in [7, 11) is 2.01. The fourth-order valence-electron chi connectivity index (χ4n) is 1.71. The van der Waals surface area contributed by atoms with Gasteiger partial charge in [-0.1, -0.05) is 6.07 Å². The summed E-state index contributed by atoms with van der Waals surface area (Å²) in [4.78, 5) is 0. The maximum atomic E-state index is 9.12. The zero-order valence-electron chi connectivity index (χ0n) is 8.58. The van der Waals surface area contributed by atoms with Crippen molar-refractivity contribution in [3.05, 3.63) is 39.1 Å². The number of hydrogen-bond donors (Lipinski definition) is 0. The summed E-state index contributed by atoms with van der Waals surface area (Å²) in [5.74, 6) is 0. The number of pyridine rings is 1. The molecule has 0 aliphatic rings. The van der Waals surface area contributed by atoms with Gasteiger partial charge in [0.05, 0.1) is 10.9 Å². The van der Waals surface area contributed by atoms with E-state index < -0.39 is 0 Å². The maximum Gasteiger partial charge on any atom is 0.241 e. The summed E-state index contributed by atoms with van der Waals surface area (Å²) in [6, 6.07) is 10.4. The largest absolute Gasteiger partial charge is 0.241 e. The van der Waals surface area contributed by atoms with Gasteiger partial charge >= 0.3 is 0 Å². The van der Waals surface area contributed by atoms with Crippen LogP contribution in [0.25, 0.3) is 10.9 Å². The van der Waals surface area contributed by atoms with Gasteiger partial charge in [-0.05, 0) is 18.6 Å². The Morgan fingerprint density at radius 1 is 1.27 bits per heavy atom. The van der Waals surface area contributed by atoms with Crippen LogP contribution in [0.1, 0.15) is 11.1 Å². The second-order valence-electron chi connectivity index (χ2n) is 3.52. The van der Waals surface area contributed by atoms with Gasteiger partial charge in [0.15, 0.2) is 0 Å². The average Bonchev–Trinajstić information content (AvgIpc) is 2.23. The Kier molecular flexibility index (Phi) is 2.61. The summed E-state index contributed by atoms with van der Waals surface area (Å²) < 4.78 is 3.25. The van der Waals surface area contributed by atoms with E-state index in [1.54, 1.807) is 0 Å². The second-order valence-corrected chi connectivity index (χ2v) is 4.62. The van der Waals surface area contributed by atoms with Gasteiger partial charge in [-0.2, -0.15) is 9.83 Å². The summed E-state index contributed by atoms with van der Waals surface area (Å²) in [5, 5.41) is 10.1. The normalized spacial score (nSPS) is 10.3. The van der Waals surface area contributed by atoms with Gasteiger partial charge in [-0.15, -0.1) is 0 Å². The van der Waals surface area contributed by atoms with Crippen LogP contribution in [-0.4, -0.2) is 0 Å². The van der Waals surface area contributed by atoms with E-state index in [0.717, 1.165) is 25.7 Å². The van der Waals surface area contributed by atoms with Crippen molar-refractivity contribution >= 4 is 33.5 Å². The van der Waals surface area contributed by atoms with Crippen LogP contribution in [0, 0.1) is 22.0 Å². The van der Waals surface area contributed by atoms with Crippen LogP contribution in [0.3, 0.4) is 0 Å². The van der Waals surface area contributed by atoms with Gasteiger partial charge in [0.25, 0.3) is 0 Å². The molecule has 0 bridgehead atoms. The molecule has 0 aliphatic carbocycles. The predicted octanol–water partition coefficient (Wildman–Crippen LogP) is 2.45. The minimum atomic E-state index is 0.777. The first-order chi connectivity index (χ1) is 7.15. The molecule has 15 heavy (non-hydrogen) atoms. The quantitative estimate of drug-likeness (QED) is 0.417. The first-order valence-corrected chi connectivity index (χ1v) is 5.71. The molecule has 0 saturated carbocycles. The number of fused-ring (bicyclic) bond motifs is 1.